The summed E-state index contributed by atoms with van der Waals surface area (Å²) in [4.78, 5) is 23.7. The van der Waals surface area contributed by atoms with Crippen LogP contribution in [0.3, 0.4) is 0 Å². The average Bonchev–Trinajstić information content (AvgIpc) is 2.94. The molecule has 112 valence electrons. The van der Waals surface area contributed by atoms with Gasteiger partial charge in [0.05, 0.1) is 11.8 Å². The quantitative estimate of drug-likeness (QED) is 0.898. The Kier molecular flexibility index (Phi) is 3.95. The normalized spacial score (nSPS) is 24.4. The summed E-state index contributed by atoms with van der Waals surface area (Å²) in [5.41, 5.74) is 3.48. The van der Waals surface area contributed by atoms with E-state index < -0.39 is 17.8 Å². The summed E-state index contributed by atoms with van der Waals surface area (Å²) in [6.07, 6.45) is 6.49. The van der Waals surface area contributed by atoms with Crippen molar-refractivity contribution in [2.75, 3.05) is 5.32 Å². The Morgan fingerprint density at radius 3 is 2.48 bits per heavy atom. The minimum atomic E-state index is -0.844. The zero-order valence-corrected chi connectivity index (χ0v) is 12.1. The average molecular weight is 287 g/mol. The number of carboxylic acid groups (broad SMARTS) is 1. The van der Waals surface area contributed by atoms with E-state index in [1.54, 1.807) is 0 Å². The number of carbonyl (C=O) groups is 2. The van der Waals surface area contributed by atoms with Crippen LogP contribution in [0.5, 0.6) is 0 Å². The topological polar surface area (TPSA) is 66.4 Å². The van der Waals surface area contributed by atoms with E-state index in [1.165, 1.54) is 17.5 Å². The monoisotopic (exact) mass is 287 g/mol. The maximum absolute atomic E-state index is 12.4. The van der Waals surface area contributed by atoms with Gasteiger partial charge in [0.1, 0.15) is 0 Å². The van der Waals surface area contributed by atoms with Gasteiger partial charge < -0.3 is 10.4 Å². The fraction of sp³-hybridized carbons (Fsp3) is 0.529. The fourth-order valence-electron chi connectivity index (χ4n) is 3.62. The van der Waals surface area contributed by atoms with E-state index in [0.29, 0.717) is 12.8 Å². The van der Waals surface area contributed by atoms with Crippen LogP contribution in [0.25, 0.3) is 0 Å². The number of anilines is 1. The summed E-state index contributed by atoms with van der Waals surface area (Å²) in [5, 5.41) is 12.2. The van der Waals surface area contributed by atoms with E-state index in [-0.39, 0.29) is 5.91 Å². The second-order valence-electron chi connectivity index (χ2n) is 6.16. The number of hydrogen-bond donors (Lipinski definition) is 2. The van der Waals surface area contributed by atoms with Gasteiger partial charge >= 0.3 is 5.97 Å². The van der Waals surface area contributed by atoms with Gasteiger partial charge in [-0.15, -0.1) is 0 Å². The fourth-order valence-corrected chi connectivity index (χ4v) is 3.62. The Balaban J connectivity index is 1.71. The Morgan fingerprint density at radius 1 is 1.00 bits per heavy atom. The largest absolute Gasteiger partial charge is 0.481 e. The number of nitrogens with one attached hydrogen (secondary N) is 1. The molecule has 4 heteroatoms. The smallest absolute Gasteiger partial charge is 0.307 e. The van der Waals surface area contributed by atoms with Crippen molar-refractivity contribution in [3.8, 4) is 0 Å². The molecule has 0 aliphatic heterocycles. The van der Waals surface area contributed by atoms with Crippen molar-refractivity contribution in [3.05, 3.63) is 29.3 Å². The highest BCUT2D eigenvalue weighted by Gasteiger charge is 2.35. The minimum Gasteiger partial charge on any atom is -0.481 e. The molecule has 1 aromatic rings. The molecule has 2 aliphatic carbocycles. The number of aliphatic carboxylic acids is 1. The molecule has 1 saturated carbocycles. The predicted molar refractivity (Wildman–Crippen MR) is 80.2 cm³/mol. The van der Waals surface area contributed by atoms with Crippen LogP contribution in [0.2, 0.25) is 0 Å². The first-order valence-electron chi connectivity index (χ1n) is 7.80. The lowest BCUT2D eigenvalue weighted by Gasteiger charge is -2.27. The van der Waals surface area contributed by atoms with E-state index >= 15 is 0 Å². The molecule has 1 fully saturated rings. The summed E-state index contributed by atoms with van der Waals surface area (Å²) in [7, 11) is 0. The highest BCUT2D eigenvalue weighted by Crippen LogP contribution is 2.32. The van der Waals surface area contributed by atoms with Crippen LogP contribution < -0.4 is 5.32 Å². The molecular weight excluding hydrogens is 266 g/mol. The molecular formula is C17H21NO3. The SMILES string of the molecule is O=C(O)[C@@H]1CCCC[C@H]1C(=O)Nc1ccc2c(c1)CCC2. The molecule has 0 heterocycles. The van der Waals surface area contributed by atoms with E-state index in [1.807, 2.05) is 12.1 Å². The molecule has 0 saturated heterocycles. The second kappa shape index (κ2) is 5.88. The zero-order valence-electron chi connectivity index (χ0n) is 12.1. The number of carboxylic acids is 1. The number of amides is 1. The molecule has 1 amide bonds. The van der Waals surface area contributed by atoms with Crippen molar-refractivity contribution < 1.29 is 14.7 Å². The summed E-state index contributed by atoms with van der Waals surface area (Å²) in [6.45, 7) is 0. The molecule has 0 unspecified atom stereocenters. The predicted octanol–water partition coefficient (Wildman–Crippen LogP) is 3.00. The van der Waals surface area contributed by atoms with Gasteiger partial charge in [0.2, 0.25) is 5.91 Å². The molecule has 2 atom stereocenters. The van der Waals surface area contributed by atoms with E-state index in [4.69, 9.17) is 0 Å². The molecule has 21 heavy (non-hydrogen) atoms. The zero-order chi connectivity index (χ0) is 14.8. The van der Waals surface area contributed by atoms with Crippen LogP contribution in [-0.4, -0.2) is 17.0 Å². The van der Waals surface area contributed by atoms with Gasteiger partial charge in [-0.25, -0.2) is 0 Å². The molecule has 0 bridgehead atoms. The summed E-state index contributed by atoms with van der Waals surface area (Å²) >= 11 is 0. The van der Waals surface area contributed by atoms with Gasteiger partial charge in [0, 0.05) is 5.69 Å². The van der Waals surface area contributed by atoms with Crippen molar-refractivity contribution >= 4 is 17.6 Å². The number of hydrogen-bond acceptors (Lipinski definition) is 2. The minimum absolute atomic E-state index is 0.139. The number of benzene rings is 1. The lowest BCUT2D eigenvalue weighted by Crippen LogP contribution is -2.36. The van der Waals surface area contributed by atoms with Crippen molar-refractivity contribution in [2.45, 2.75) is 44.9 Å². The lowest BCUT2D eigenvalue weighted by atomic mass is 9.78. The van der Waals surface area contributed by atoms with Crippen molar-refractivity contribution in [1.29, 1.82) is 0 Å². The molecule has 3 rings (SSSR count). The highest BCUT2D eigenvalue weighted by molar-refractivity contribution is 5.95. The second-order valence-corrected chi connectivity index (χ2v) is 6.16. The molecule has 4 nitrogen and oxygen atoms in total. The number of aryl methyl sites for hydroxylation is 2. The first-order chi connectivity index (χ1) is 10.1. The molecule has 0 spiro atoms. The van der Waals surface area contributed by atoms with Gasteiger partial charge in [-0.05, 0) is 55.4 Å². The van der Waals surface area contributed by atoms with Crippen LogP contribution in [-0.2, 0) is 22.4 Å². The molecule has 0 aromatic heterocycles. The third-order valence-corrected chi connectivity index (χ3v) is 4.79. The van der Waals surface area contributed by atoms with Crippen molar-refractivity contribution in [2.24, 2.45) is 11.8 Å². The van der Waals surface area contributed by atoms with E-state index in [9.17, 15) is 14.7 Å². The third kappa shape index (κ3) is 2.94. The Morgan fingerprint density at radius 2 is 1.71 bits per heavy atom. The summed E-state index contributed by atoms with van der Waals surface area (Å²) in [6, 6.07) is 6.05. The van der Waals surface area contributed by atoms with Crippen LogP contribution >= 0.6 is 0 Å². The standard InChI is InChI=1S/C17H21NO3/c19-16(14-6-1-2-7-15(14)17(20)21)18-13-9-8-11-4-3-5-12(11)10-13/h8-10,14-15H,1-7H2,(H,18,19)(H,20,21)/t14-,15-/m1/s1. The molecule has 2 aliphatic rings. The third-order valence-electron chi connectivity index (χ3n) is 4.79. The van der Waals surface area contributed by atoms with Crippen LogP contribution in [0.1, 0.15) is 43.2 Å². The number of rotatable bonds is 3. The molecule has 1 aromatic carbocycles. The number of fused-ring (bicyclic) bond motifs is 1. The van der Waals surface area contributed by atoms with Gasteiger partial charge in [-0.3, -0.25) is 9.59 Å². The first-order valence-corrected chi connectivity index (χ1v) is 7.80. The molecule has 0 radical (unpaired) electrons. The van der Waals surface area contributed by atoms with E-state index in [0.717, 1.165) is 31.4 Å². The van der Waals surface area contributed by atoms with Gasteiger partial charge in [0.15, 0.2) is 0 Å². The van der Waals surface area contributed by atoms with Crippen LogP contribution in [0.15, 0.2) is 18.2 Å². The highest BCUT2D eigenvalue weighted by atomic mass is 16.4. The first kappa shape index (κ1) is 14.1. The Labute approximate surface area is 124 Å². The van der Waals surface area contributed by atoms with E-state index in [2.05, 4.69) is 11.4 Å². The maximum atomic E-state index is 12.4. The van der Waals surface area contributed by atoms with Crippen molar-refractivity contribution in [3.63, 3.8) is 0 Å². The van der Waals surface area contributed by atoms with Gasteiger partial charge in [-0.2, -0.15) is 0 Å². The maximum Gasteiger partial charge on any atom is 0.307 e. The van der Waals surface area contributed by atoms with Crippen molar-refractivity contribution in [1.82, 2.24) is 0 Å². The Hall–Kier alpha value is -1.84. The van der Waals surface area contributed by atoms with Gasteiger partial charge in [0.25, 0.3) is 0 Å². The molecule has 2 N–H and O–H groups in total. The lowest BCUT2D eigenvalue weighted by molar-refractivity contribution is -0.147. The Bertz CT molecular complexity index is 567. The summed E-state index contributed by atoms with van der Waals surface area (Å²) in [5.74, 6) is -1.92. The van der Waals surface area contributed by atoms with Crippen LogP contribution in [0.4, 0.5) is 5.69 Å². The number of carbonyl (C=O) groups excluding carboxylic acids is 1. The van der Waals surface area contributed by atoms with Crippen LogP contribution in [0, 0.1) is 11.8 Å². The van der Waals surface area contributed by atoms with Gasteiger partial charge in [-0.1, -0.05) is 18.9 Å². The summed E-state index contributed by atoms with van der Waals surface area (Å²) < 4.78 is 0.